The van der Waals surface area contributed by atoms with Crippen LogP contribution in [0, 0.1) is 5.92 Å². The number of alkyl halides is 3. The molecule has 174 valence electrons. The van der Waals surface area contributed by atoms with Crippen molar-refractivity contribution in [2.75, 3.05) is 0 Å². The van der Waals surface area contributed by atoms with Crippen LogP contribution in [0.3, 0.4) is 0 Å². The normalized spacial score (nSPS) is 19.9. The Hall–Kier alpha value is -3.09. The lowest BCUT2D eigenvalue weighted by molar-refractivity contribution is -0.141. The van der Waals surface area contributed by atoms with Crippen LogP contribution >= 0.6 is 0 Å². The van der Waals surface area contributed by atoms with Gasteiger partial charge in [-0.15, -0.1) is 0 Å². The predicted molar refractivity (Wildman–Crippen MR) is 121 cm³/mol. The first-order valence-corrected chi connectivity index (χ1v) is 11.3. The Morgan fingerprint density at radius 2 is 1.76 bits per heavy atom. The van der Waals surface area contributed by atoms with Gasteiger partial charge in [0.05, 0.1) is 11.6 Å². The van der Waals surface area contributed by atoms with Gasteiger partial charge in [-0.25, -0.2) is 4.98 Å². The number of pyridine rings is 1. The molecule has 33 heavy (non-hydrogen) atoms. The number of nitrogens with zero attached hydrogens (tertiary/aromatic N) is 1. The molecule has 4 rings (SSSR count). The van der Waals surface area contributed by atoms with Crippen LogP contribution in [0.25, 0.3) is 10.9 Å². The highest BCUT2D eigenvalue weighted by Crippen LogP contribution is 2.41. The molecule has 1 fully saturated rings. The van der Waals surface area contributed by atoms with Crippen molar-refractivity contribution in [2.24, 2.45) is 11.7 Å². The van der Waals surface area contributed by atoms with Crippen molar-refractivity contribution in [3.8, 4) is 5.75 Å². The maximum Gasteiger partial charge on any atom is 0.433 e. The number of halogens is 3. The van der Waals surface area contributed by atoms with Crippen molar-refractivity contribution in [1.29, 1.82) is 0 Å². The average molecular weight is 457 g/mol. The topological polar surface area (TPSA) is 65.2 Å². The zero-order valence-electron chi connectivity index (χ0n) is 18.4. The summed E-state index contributed by atoms with van der Waals surface area (Å²) < 4.78 is 46.2. The van der Waals surface area contributed by atoms with E-state index in [4.69, 9.17) is 10.5 Å². The number of primary amides is 1. The lowest BCUT2D eigenvalue weighted by Gasteiger charge is -2.34. The summed E-state index contributed by atoms with van der Waals surface area (Å²) in [5, 5.41) is 0.578. The smallest absolute Gasteiger partial charge is 0.433 e. The van der Waals surface area contributed by atoms with E-state index in [1.807, 2.05) is 18.2 Å². The summed E-state index contributed by atoms with van der Waals surface area (Å²) in [6, 6.07) is 15.2. The molecule has 1 atom stereocenters. The van der Waals surface area contributed by atoms with Crippen molar-refractivity contribution in [2.45, 2.75) is 57.2 Å². The number of nitrogens with two attached hydrogens (primary N) is 1. The molecule has 0 saturated heterocycles. The molecular weight excluding hydrogens is 429 g/mol. The number of rotatable bonds is 6. The number of carbonyl (C=O) groups is 1. The second-order valence-corrected chi connectivity index (χ2v) is 8.64. The van der Waals surface area contributed by atoms with E-state index in [2.05, 4.69) is 11.9 Å². The van der Waals surface area contributed by atoms with E-state index >= 15 is 0 Å². The summed E-state index contributed by atoms with van der Waals surface area (Å²) in [6.07, 6.45) is -0.629. The summed E-state index contributed by atoms with van der Waals surface area (Å²) in [6.45, 7) is 2.10. The summed E-state index contributed by atoms with van der Waals surface area (Å²) >= 11 is 0. The summed E-state index contributed by atoms with van der Waals surface area (Å²) in [4.78, 5) is 15.7. The molecule has 7 heteroatoms. The molecular formula is C26H27F3N2O2. The SMILES string of the molecule is CC[C@H](c1ccccc1C(N)=O)C1CCC(Oc2cc(C(F)(F)F)nc3ccccc23)CC1. The van der Waals surface area contributed by atoms with Gasteiger partial charge >= 0.3 is 6.18 Å². The van der Waals surface area contributed by atoms with E-state index in [-0.39, 0.29) is 23.3 Å². The van der Waals surface area contributed by atoms with Gasteiger partial charge in [-0.1, -0.05) is 37.3 Å². The van der Waals surface area contributed by atoms with Gasteiger partial charge in [-0.05, 0) is 67.7 Å². The van der Waals surface area contributed by atoms with Gasteiger partial charge < -0.3 is 10.5 Å². The first kappa shape index (κ1) is 23.1. The fourth-order valence-corrected chi connectivity index (χ4v) is 5.03. The van der Waals surface area contributed by atoms with E-state index in [9.17, 15) is 18.0 Å². The number of para-hydroxylation sites is 1. The van der Waals surface area contributed by atoms with E-state index in [0.29, 0.717) is 16.9 Å². The van der Waals surface area contributed by atoms with Gasteiger partial charge in [-0.2, -0.15) is 13.2 Å². The fraction of sp³-hybridized carbons (Fsp3) is 0.385. The molecule has 3 aromatic rings. The third-order valence-corrected chi connectivity index (χ3v) is 6.62. The van der Waals surface area contributed by atoms with E-state index in [1.165, 1.54) is 0 Å². The van der Waals surface area contributed by atoms with Gasteiger partial charge in [0, 0.05) is 17.0 Å². The Morgan fingerprint density at radius 1 is 1.09 bits per heavy atom. The lowest BCUT2D eigenvalue weighted by atomic mass is 9.74. The molecule has 0 spiro atoms. The molecule has 2 aromatic carbocycles. The van der Waals surface area contributed by atoms with Gasteiger partial charge in [0.15, 0.2) is 0 Å². The van der Waals surface area contributed by atoms with Gasteiger partial charge in [0.2, 0.25) is 5.91 Å². The van der Waals surface area contributed by atoms with Crippen LogP contribution in [0.2, 0.25) is 0 Å². The summed E-state index contributed by atoms with van der Waals surface area (Å²) in [5.41, 5.74) is 6.45. The molecule has 0 bridgehead atoms. The number of benzene rings is 2. The highest BCUT2D eigenvalue weighted by molar-refractivity contribution is 5.94. The molecule has 0 unspecified atom stereocenters. The highest BCUT2D eigenvalue weighted by Gasteiger charge is 2.35. The Balaban J connectivity index is 1.51. The van der Waals surface area contributed by atoms with Gasteiger partial charge in [-0.3, -0.25) is 4.79 Å². The van der Waals surface area contributed by atoms with Crippen LogP contribution in [0.1, 0.15) is 66.6 Å². The van der Waals surface area contributed by atoms with Crippen molar-refractivity contribution in [3.63, 3.8) is 0 Å². The average Bonchev–Trinajstić information content (AvgIpc) is 2.80. The molecule has 1 amide bonds. The third-order valence-electron chi connectivity index (χ3n) is 6.62. The summed E-state index contributed by atoms with van der Waals surface area (Å²) in [5.74, 6) is 0.358. The quantitative estimate of drug-likeness (QED) is 0.461. The number of hydrogen-bond acceptors (Lipinski definition) is 3. The van der Waals surface area contributed by atoms with Crippen LogP contribution in [-0.2, 0) is 6.18 Å². The van der Waals surface area contributed by atoms with Crippen molar-refractivity contribution < 1.29 is 22.7 Å². The standard InChI is InChI=1S/C26H27F3N2O2/c1-2-18(19-7-3-4-8-20(19)25(30)32)16-11-13-17(14-12-16)33-23-15-24(26(27,28)29)31-22-10-6-5-9-21(22)23/h3-10,15-18H,2,11-14H2,1H3,(H2,30,32)/t16?,17?,18-/m0/s1. The Labute approximate surface area is 191 Å². The number of carbonyl (C=O) groups excluding carboxylic acids is 1. The second kappa shape index (κ2) is 9.41. The molecule has 1 heterocycles. The minimum atomic E-state index is -4.54. The molecule has 2 N–H and O–H groups in total. The molecule has 1 aliphatic rings. The fourth-order valence-electron chi connectivity index (χ4n) is 5.03. The van der Waals surface area contributed by atoms with Crippen molar-refractivity contribution >= 4 is 16.8 Å². The van der Waals surface area contributed by atoms with E-state index in [1.54, 1.807) is 30.3 Å². The molecule has 0 radical (unpaired) electrons. The van der Waals surface area contributed by atoms with Crippen LogP contribution in [0.15, 0.2) is 54.6 Å². The number of aromatic nitrogens is 1. The van der Waals surface area contributed by atoms with Gasteiger partial charge in [0.25, 0.3) is 0 Å². The third kappa shape index (κ3) is 4.97. The summed E-state index contributed by atoms with van der Waals surface area (Å²) in [7, 11) is 0. The molecule has 1 aliphatic carbocycles. The monoisotopic (exact) mass is 456 g/mol. The Kier molecular flexibility index (Phi) is 6.58. The number of amides is 1. The van der Waals surface area contributed by atoms with Crippen LogP contribution in [0.4, 0.5) is 13.2 Å². The number of ether oxygens (including phenoxy) is 1. The van der Waals surface area contributed by atoms with E-state index < -0.39 is 17.8 Å². The molecule has 0 aliphatic heterocycles. The number of hydrogen-bond donors (Lipinski definition) is 1. The lowest BCUT2D eigenvalue weighted by Crippen LogP contribution is -2.28. The largest absolute Gasteiger partial charge is 0.490 e. The zero-order valence-corrected chi connectivity index (χ0v) is 18.4. The molecule has 4 nitrogen and oxygen atoms in total. The molecule has 1 saturated carbocycles. The highest BCUT2D eigenvalue weighted by atomic mass is 19.4. The number of fused-ring (bicyclic) bond motifs is 1. The minimum Gasteiger partial charge on any atom is -0.490 e. The van der Waals surface area contributed by atoms with Crippen LogP contribution in [-0.4, -0.2) is 17.0 Å². The zero-order chi connectivity index (χ0) is 23.6. The molecule has 1 aromatic heterocycles. The van der Waals surface area contributed by atoms with Crippen LogP contribution < -0.4 is 10.5 Å². The maximum atomic E-state index is 13.4. The first-order chi connectivity index (χ1) is 15.8. The first-order valence-electron chi connectivity index (χ1n) is 11.3. The van der Waals surface area contributed by atoms with Crippen molar-refractivity contribution in [3.05, 3.63) is 71.4 Å². The van der Waals surface area contributed by atoms with Crippen LogP contribution in [0.5, 0.6) is 5.75 Å². The maximum absolute atomic E-state index is 13.4. The van der Waals surface area contributed by atoms with Crippen molar-refractivity contribution in [1.82, 2.24) is 4.98 Å². The Morgan fingerprint density at radius 3 is 2.42 bits per heavy atom. The second-order valence-electron chi connectivity index (χ2n) is 8.64. The minimum absolute atomic E-state index is 0.169. The van der Waals surface area contributed by atoms with E-state index in [0.717, 1.165) is 43.7 Å². The van der Waals surface area contributed by atoms with Gasteiger partial charge in [0.1, 0.15) is 11.4 Å². The predicted octanol–water partition coefficient (Wildman–Crippen LogP) is 6.48. The Bertz CT molecular complexity index is 1140.